The predicted octanol–water partition coefficient (Wildman–Crippen LogP) is 3.84. The summed E-state index contributed by atoms with van der Waals surface area (Å²) in [6.07, 6.45) is 4.17. The molecule has 4 nitrogen and oxygen atoms in total. The Hall–Kier alpha value is -1.26. The molecule has 5 heteroatoms. The van der Waals surface area contributed by atoms with Gasteiger partial charge in [-0.3, -0.25) is 4.79 Å². The zero-order valence-corrected chi connectivity index (χ0v) is 13.3. The molecule has 0 saturated heterocycles. The Morgan fingerprint density at radius 3 is 2.90 bits per heavy atom. The number of nitrogen functional groups attached to an aromatic ring is 1. The number of hydrogen-bond acceptors (Lipinski definition) is 3. The summed E-state index contributed by atoms with van der Waals surface area (Å²) in [7, 11) is 0. The number of carbonyl (C=O) groups excluding carboxylic acids is 1. The lowest BCUT2D eigenvalue weighted by Crippen LogP contribution is -2.33. The van der Waals surface area contributed by atoms with Crippen LogP contribution in [-0.2, 0) is 9.53 Å². The number of rotatable bonds is 4. The van der Waals surface area contributed by atoms with E-state index in [-0.39, 0.29) is 12.0 Å². The van der Waals surface area contributed by atoms with Crippen molar-refractivity contribution >= 4 is 28.9 Å². The lowest BCUT2D eigenvalue weighted by molar-refractivity contribution is -0.131. The Labute approximate surface area is 131 Å². The molecule has 1 amide bonds. The van der Waals surface area contributed by atoms with Gasteiger partial charge in [-0.25, -0.2) is 0 Å². The van der Waals surface area contributed by atoms with Crippen LogP contribution in [0, 0.1) is 5.92 Å². The van der Waals surface area contributed by atoms with Crippen LogP contribution in [0.15, 0.2) is 18.2 Å². The van der Waals surface area contributed by atoms with Crippen LogP contribution >= 0.6 is 11.6 Å². The molecule has 0 bridgehead atoms. The van der Waals surface area contributed by atoms with Crippen molar-refractivity contribution in [1.82, 2.24) is 0 Å². The van der Waals surface area contributed by atoms with E-state index in [0.29, 0.717) is 22.3 Å². The minimum atomic E-state index is -0.492. The van der Waals surface area contributed by atoms with Crippen LogP contribution in [0.1, 0.15) is 39.5 Å². The lowest BCUT2D eigenvalue weighted by Gasteiger charge is -2.29. The second-order valence-electron chi connectivity index (χ2n) is 5.90. The normalized spacial score (nSPS) is 23.6. The molecule has 2 rings (SSSR count). The van der Waals surface area contributed by atoms with Crippen molar-refractivity contribution in [3.63, 3.8) is 0 Å². The molecule has 3 atom stereocenters. The number of benzene rings is 1. The zero-order chi connectivity index (χ0) is 15.4. The van der Waals surface area contributed by atoms with Crippen LogP contribution < -0.4 is 11.1 Å². The van der Waals surface area contributed by atoms with E-state index in [0.717, 1.165) is 12.8 Å². The summed E-state index contributed by atoms with van der Waals surface area (Å²) < 4.78 is 5.88. The van der Waals surface area contributed by atoms with Crippen molar-refractivity contribution in [2.75, 3.05) is 11.1 Å². The molecule has 1 fully saturated rings. The molecule has 1 aliphatic rings. The minimum absolute atomic E-state index is 0.177. The summed E-state index contributed by atoms with van der Waals surface area (Å²) in [5.41, 5.74) is 6.76. The van der Waals surface area contributed by atoms with Gasteiger partial charge in [0.05, 0.1) is 16.8 Å². The molecule has 21 heavy (non-hydrogen) atoms. The first-order chi connectivity index (χ1) is 9.95. The van der Waals surface area contributed by atoms with Gasteiger partial charge in [-0.1, -0.05) is 31.4 Å². The van der Waals surface area contributed by atoms with E-state index in [1.165, 1.54) is 12.8 Å². The van der Waals surface area contributed by atoms with E-state index in [1.807, 2.05) is 0 Å². The highest BCUT2D eigenvalue weighted by molar-refractivity contribution is 6.34. The van der Waals surface area contributed by atoms with Crippen molar-refractivity contribution in [3.05, 3.63) is 23.2 Å². The number of nitrogens with two attached hydrogens (primary N) is 1. The molecule has 0 heterocycles. The number of nitrogens with one attached hydrogen (secondary N) is 1. The topological polar surface area (TPSA) is 64.3 Å². The average Bonchev–Trinajstić information content (AvgIpc) is 2.41. The van der Waals surface area contributed by atoms with Gasteiger partial charge in [-0.2, -0.15) is 0 Å². The summed E-state index contributed by atoms with van der Waals surface area (Å²) in [6, 6.07) is 5.02. The largest absolute Gasteiger partial charge is 0.399 e. The second-order valence-corrected chi connectivity index (χ2v) is 6.31. The summed E-state index contributed by atoms with van der Waals surface area (Å²) >= 11 is 6.05. The molecule has 0 radical (unpaired) electrons. The maximum absolute atomic E-state index is 12.2. The number of anilines is 2. The monoisotopic (exact) mass is 310 g/mol. The molecule has 3 unspecified atom stereocenters. The third-order valence-corrected chi connectivity index (χ3v) is 4.22. The maximum Gasteiger partial charge on any atom is 0.253 e. The number of hydrogen-bond donors (Lipinski definition) is 2. The highest BCUT2D eigenvalue weighted by Gasteiger charge is 2.24. The first-order valence-corrected chi connectivity index (χ1v) is 7.85. The highest BCUT2D eigenvalue weighted by Crippen LogP contribution is 2.27. The fourth-order valence-electron chi connectivity index (χ4n) is 2.72. The zero-order valence-electron chi connectivity index (χ0n) is 12.6. The van der Waals surface area contributed by atoms with Gasteiger partial charge in [-0.15, -0.1) is 0 Å². The van der Waals surface area contributed by atoms with Crippen molar-refractivity contribution in [3.8, 4) is 0 Å². The van der Waals surface area contributed by atoms with Crippen LogP contribution in [0.4, 0.5) is 11.4 Å². The van der Waals surface area contributed by atoms with Crippen LogP contribution in [0.25, 0.3) is 0 Å². The average molecular weight is 311 g/mol. The van der Waals surface area contributed by atoms with E-state index in [4.69, 9.17) is 22.1 Å². The molecular formula is C16H23ClN2O2. The van der Waals surface area contributed by atoms with E-state index in [1.54, 1.807) is 25.1 Å². The quantitative estimate of drug-likeness (QED) is 0.830. The van der Waals surface area contributed by atoms with Gasteiger partial charge in [0.1, 0.15) is 6.10 Å². The minimum Gasteiger partial charge on any atom is -0.399 e. The molecule has 1 aromatic carbocycles. The molecule has 0 aromatic heterocycles. The second kappa shape index (κ2) is 7.14. The Morgan fingerprint density at radius 2 is 2.24 bits per heavy atom. The Bertz CT molecular complexity index is 507. The lowest BCUT2D eigenvalue weighted by atomic mass is 9.88. The Balaban J connectivity index is 1.90. The van der Waals surface area contributed by atoms with Crippen LogP contribution in [-0.4, -0.2) is 18.1 Å². The van der Waals surface area contributed by atoms with E-state index in [2.05, 4.69) is 12.2 Å². The first-order valence-electron chi connectivity index (χ1n) is 7.47. The molecule has 0 spiro atoms. The van der Waals surface area contributed by atoms with Gasteiger partial charge in [0, 0.05) is 5.69 Å². The van der Waals surface area contributed by atoms with Gasteiger partial charge in [-0.05, 0) is 43.9 Å². The van der Waals surface area contributed by atoms with Gasteiger partial charge in [0.15, 0.2) is 0 Å². The highest BCUT2D eigenvalue weighted by atomic mass is 35.5. The SMILES string of the molecule is CC1CCCC(OC(C)C(=O)Nc2ccc(N)cc2Cl)C1. The third kappa shape index (κ3) is 4.61. The standard InChI is InChI=1S/C16H23ClN2O2/c1-10-4-3-5-13(8-10)21-11(2)16(20)19-15-7-6-12(18)9-14(15)17/h6-7,9-11,13H,3-5,8,18H2,1-2H3,(H,19,20). The number of ether oxygens (including phenoxy) is 1. The third-order valence-electron chi connectivity index (χ3n) is 3.91. The van der Waals surface area contributed by atoms with E-state index < -0.39 is 6.10 Å². The van der Waals surface area contributed by atoms with Crippen molar-refractivity contribution < 1.29 is 9.53 Å². The molecule has 3 N–H and O–H groups in total. The molecule has 1 aliphatic carbocycles. The van der Waals surface area contributed by atoms with Gasteiger partial charge in [0.2, 0.25) is 0 Å². The summed E-state index contributed by atoms with van der Waals surface area (Å²) in [5, 5.41) is 3.22. The Kier molecular flexibility index (Phi) is 5.48. The van der Waals surface area contributed by atoms with Gasteiger partial charge in [0.25, 0.3) is 5.91 Å². The molecule has 1 saturated carbocycles. The molecule has 0 aliphatic heterocycles. The number of amides is 1. The molecule has 1 aromatic rings. The van der Waals surface area contributed by atoms with Crippen molar-refractivity contribution in [2.24, 2.45) is 5.92 Å². The fraction of sp³-hybridized carbons (Fsp3) is 0.562. The summed E-state index contributed by atoms with van der Waals surface area (Å²) in [4.78, 5) is 12.2. The number of carbonyl (C=O) groups is 1. The van der Waals surface area contributed by atoms with E-state index >= 15 is 0 Å². The van der Waals surface area contributed by atoms with Crippen LogP contribution in [0.5, 0.6) is 0 Å². The molecular weight excluding hydrogens is 288 g/mol. The first kappa shape index (κ1) is 16.1. The predicted molar refractivity (Wildman–Crippen MR) is 86.5 cm³/mol. The Morgan fingerprint density at radius 1 is 1.48 bits per heavy atom. The molecule has 116 valence electrons. The summed E-state index contributed by atoms with van der Waals surface area (Å²) in [6.45, 7) is 4.01. The smallest absolute Gasteiger partial charge is 0.253 e. The van der Waals surface area contributed by atoms with Gasteiger partial charge < -0.3 is 15.8 Å². The van der Waals surface area contributed by atoms with E-state index in [9.17, 15) is 4.79 Å². The van der Waals surface area contributed by atoms with Gasteiger partial charge >= 0.3 is 0 Å². The summed E-state index contributed by atoms with van der Waals surface area (Å²) in [5.74, 6) is 0.491. The number of halogens is 1. The van der Waals surface area contributed by atoms with Crippen molar-refractivity contribution in [1.29, 1.82) is 0 Å². The fourth-order valence-corrected chi connectivity index (χ4v) is 2.96. The van der Waals surface area contributed by atoms with Crippen LogP contribution in [0.3, 0.4) is 0 Å². The van der Waals surface area contributed by atoms with Crippen LogP contribution in [0.2, 0.25) is 5.02 Å². The van der Waals surface area contributed by atoms with Crippen molar-refractivity contribution in [2.45, 2.75) is 51.7 Å². The maximum atomic E-state index is 12.2.